The number of ether oxygens (including phenoxy) is 1. The van der Waals surface area contributed by atoms with Crippen LogP contribution in [0.1, 0.15) is 33.9 Å². The first kappa shape index (κ1) is 22.4. The van der Waals surface area contributed by atoms with Gasteiger partial charge in [-0.05, 0) is 44.2 Å². The van der Waals surface area contributed by atoms with Gasteiger partial charge < -0.3 is 18.8 Å². The van der Waals surface area contributed by atoms with Crippen LogP contribution in [0.5, 0.6) is 0 Å². The van der Waals surface area contributed by atoms with Crippen LogP contribution in [0.25, 0.3) is 5.69 Å². The molecule has 3 aromatic rings. The lowest BCUT2D eigenvalue weighted by atomic mass is 9.96. The van der Waals surface area contributed by atoms with E-state index in [-0.39, 0.29) is 5.56 Å². The van der Waals surface area contributed by atoms with Crippen LogP contribution in [-0.4, -0.2) is 34.2 Å². The summed E-state index contributed by atoms with van der Waals surface area (Å²) >= 11 is 0. The summed E-state index contributed by atoms with van der Waals surface area (Å²) in [6, 6.07) is 13.0. The van der Waals surface area contributed by atoms with Crippen LogP contribution >= 0.6 is 0 Å². The Labute approximate surface area is 175 Å². The van der Waals surface area contributed by atoms with Crippen LogP contribution in [0, 0.1) is 13.8 Å². The molecule has 1 N–H and O–H groups in total. The van der Waals surface area contributed by atoms with Crippen molar-refractivity contribution in [3.63, 3.8) is 0 Å². The Balaban J connectivity index is 1.72. The summed E-state index contributed by atoms with van der Waals surface area (Å²) in [7, 11) is 0. The van der Waals surface area contributed by atoms with Crippen LogP contribution in [0.4, 0.5) is 13.2 Å². The number of aliphatic hydroxyl groups is 1. The van der Waals surface area contributed by atoms with Crippen LogP contribution in [0.2, 0.25) is 0 Å². The molecule has 6 nitrogen and oxygen atoms in total. The molecule has 1 atom stereocenters. The number of halogens is 3. The van der Waals surface area contributed by atoms with Crippen molar-refractivity contribution in [1.29, 1.82) is 0 Å². The van der Waals surface area contributed by atoms with Crippen molar-refractivity contribution >= 4 is 11.8 Å². The number of rotatable bonds is 7. The molecule has 0 aliphatic carbocycles. The first-order chi connectivity index (χ1) is 14.5. The fourth-order valence-electron chi connectivity index (χ4n) is 3.34. The third-order valence-corrected chi connectivity index (χ3v) is 4.91. The SMILES string of the molecule is Cc1cc(C(=O)COC(=O)C[C@](O)(c2ccco2)C(F)(F)F)c(C)n1-c1ccccc1. The van der Waals surface area contributed by atoms with Crippen molar-refractivity contribution in [2.45, 2.75) is 32.0 Å². The van der Waals surface area contributed by atoms with Crippen molar-refractivity contribution < 1.29 is 37.0 Å². The maximum atomic E-state index is 13.4. The number of alkyl halides is 3. The number of aromatic nitrogens is 1. The molecule has 3 rings (SSSR count). The van der Waals surface area contributed by atoms with Gasteiger partial charge in [0.05, 0.1) is 12.7 Å². The second kappa shape index (κ2) is 8.43. The topological polar surface area (TPSA) is 81.7 Å². The molecule has 0 amide bonds. The van der Waals surface area contributed by atoms with Gasteiger partial charge >= 0.3 is 12.1 Å². The molecule has 164 valence electrons. The number of Topliss-reactive ketones (excluding diaryl/α,β-unsaturated/α-hetero) is 1. The van der Waals surface area contributed by atoms with Gasteiger partial charge in [0, 0.05) is 22.6 Å². The molecule has 0 spiro atoms. The van der Waals surface area contributed by atoms with Crippen molar-refractivity contribution in [2.24, 2.45) is 0 Å². The standard InChI is InChI=1S/C22H20F3NO5/c1-14-11-17(15(2)26(14)16-7-4-3-5-8-16)18(27)13-31-20(28)12-21(29,22(23,24)25)19-9-6-10-30-19/h3-11,29H,12-13H2,1-2H3/t21-/m0/s1. The lowest BCUT2D eigenvalue weighted by Gasteiger charge is -2.27. The predicted octanol–water partition coefficient (Wildman–Crippen LogP) is 4.25. The monoisotopic (exact) mass is 435 g/mol. The molecule has 31 heavy (non-hydrogen) atoms. The number of para-hydroxylation sites is 1. The average molecular weight is 435 g/mol. The molecule has 0 saturated heterocycles. The highest BCUT2D eigenvalue weighted by Gasteiger charge is 2.58. The molecular weight excluding hydrogens is 415 g/mol. The molecule has 1 aromatic carbocycles. The van der Waals surface area contributed by atoms with E-state index in [1.807, 2.05) is 34.9 Å². The summed E-state index contributed by atoms with van der Waals surface area (Å²) < 4.78 is 51.3. The lowest BCUT2D eigenvalue weighted by Crippen LogP contribution is -2.44. The Morgan fingerprint density at radius 2 is 1.77 bits per heavy atom. The van der Waals surface area contributed by atoms with E-state index in [0.29, 0.717) is 5.69 Å². The fraction of sp³-hybridized carbons (Fsp3) is 0.273. The molecule has 0 radical (unpaired) electrons. The molecule has 2 heterocycles. The minimum absolute atomic E-state index is 0.284. The van der Waals surface area contributed by atoms with E-state index >= 15 is 0 Å². The highest BCUT2D eigenvalue weighted by molar-refractivity contribution is 5.99. The van der Waals surface area contributed by atoms with E-state index in [1.54, 1.807) is 19.9 Å². The Morgan fingerprint density at radius 1 is 1.10 bits per heavy atom. The van der Waals surface area contributed by atoms with Gasteiger partial charge in [-0.15, -0.1) is 0 Å². The highest BCUT2D eigenvalue weighted by atomic mass is 19.4. The number of benzene rings is 1. The minimum Gasteiger partial charge on any atom is -0.466 e. The van der Waals surface area contributed by atoms with Gasteiger partial charge in [-0.2, -0.15) is 13.2 Å². The second-order valence-corrected chi connectivity index (χ2v) is 7.05. The number of nitrogens with zero attached hydrogens (tertiary/aromatic N) is 1. The van der Waals surface area contributed by atoms with E-state index in [9.17, 15) is 27.9 Å². The minimum atomic E-state index is -5.19. The summed E-state index contributed by atoms with van der Waals surface area (Å²) in [5.41, 5.74) is -1.07. The first-order valence-electron chi connectivity index (χ1n) is 9.31. The van der Waals surface area contributed by atoms with E-state index in [4.69, 9.17) is 4.74 Å². The van der Waals surface area contributed by atoms with Gasteiger partial charge in [-0.1, -0.05) is 18.2 Å². The summed E-state index contributed by atoms with van der Waals surface area (Å²) in [6.07, 6.45) is -5.68. The van der Waals surface area contributed by atoms with E-state index in [2.05, 4.69) is 4.42 Å². The first-order valence-corrected chi connectivity index (χ1v) is 9.31. The molecule has 0 fully saturated rings. The van der Waals surface area contributed by atoms with Crippen molar-refractivity contribution in [3.05, 3.63) is 77.5 Å². The summed E-state index contributed by atoms with van der Waals surface area (Å²) in [5, 5.41) is 10.1. The zero-order chi connectivity index (χ0) is 22.8. The lowest BCUT2D eigenvalue weighted by molar-refractivity contribution is -0.275. The van der Waals surface area contributed by atoms with E-state index in [1.165, 1.54) is 0 Å². The van der Waals surface area contributed by atoms with E-state index < -0.39 is 42.3 Å². The summed E-state index contributed by atoms with van der Waals surface area (Å²) in [5.74, 6) is -2.80. The normalized spacial score (nSPS) is 13.6. The van der Waals surface area contributed by atoms with Gasteiger partial charge in [0.1, 0.15) is 5.76 Å². The molecule has 0 bridgehead atoms. The number of carbonyl (C=O) groups excluding carboxylic acids is 2. The number of carbonyl (C=O) groups is 2. The predicted molar refractivity (Wildman–Crippen MR) is 104 cm³/mol. The molecule has 0 saturated carbocycles. The molecule has 0 aliphatic rings. The Morgan fingerprint density at radius 3 is 2.35 bits per heavy atom. The fourth-order valence-corrected chi connectivity index (χ4v) is 3.34. The van der Waals surface area contributed by atoms with E-state index in [0.717, 1.165) is 29.8 Å². The van der Waals surface area contributed by atoms with Crippen molar-refractivity contribution in [1.82, 2.24) is 4.57 Å². The number of furan rings is 1. The zero-order valence-corrected chi connectivity index (χ0v) is 16.8. The van der Waals surface area contributed by atoms with Crippen LogP contribution in [-0.2, 0) is 15.1 Å². The third-order valence-electron chi connectivity index (χ3n) is 4.91. The molecule has 9 heteroatoms. The molecule has 0 aliphatic heterocycles. The van der Waals surface area contributed by atoms with Crippen LogP contribution in [0.15, 0.2) is 59.2 Å². The van der Waals surface area contributed by atoms with Crippen LogP contribution < -0.4 is 0 Å². The van der Waals surface area contributed by atoms with Crippen molar-refractivity contribution in [3.8, 4) is 5.69 Å². The van der Waals surface area contributed by atoms with Crippen LogP contribution in [0.3, 0.4) is 0 Å². The van der Waals surface area contributed by atoms with Gasteiger partial charge in [0.15, 0.2) is 6.61 Å². The maximum Gasteiger partial charge on any atom is 0.425 e. The highest BCUT2D eigenvalue weighted by Crippen LogP contribution is 2.42. The smallest absolute Gasteiger partial charge is 0.425 e. The Hall–Kier alpha value is -3.33. The second-order valence-electron chi connectivity index (χ2n) is 7.05. The molecule has 2 aromatic heterocycles. The van der Waals surface area contributed by atoms with Crippen molar-refractivity contribution in [2.75, 3.05) is 6.61 Å². The number of ketones is 1. The molecular formula is C22H20F3NO5. The number of hydrogen-bond donors (Lipinski definition) is 1. The largest absolute Gasteiger partial charge is 0.466 e. The summed E-state index contributed by atoms with van der Waals surface area (Å²) in [4.78, 5) is 24.6. The van der Waals surface area contributed by atoms with Gasteiger partial charge in [0.2, 0.25) is 11.4 Å². The number of esters is 1. The summed E-state index contributed by atoms with van der Waals surface area (Å²) in [6.45, 7) is 2.76. The quantitative estimate of drug-likeness (QED) is 0.443. The Kier molecular flexibility index (Phi) is 6.08. The van der Waals surface area contributed by atoms with Gasteiger partial charge in [-0.25, -0.2) is 0 Å². The average Bonchev–Trinajstić information content (AvgIpc) is 3.34. The number of hydrogen-bond acceptors (Lipinski definition) is 5. The zero-order valence-electron chi connectivity index (χ0n) is 16.8. The maximum absolute atomic E-state index is 13.4. The third kappa shape index (κ3) is 4.41. The molecule has 0 unspecified atom stereocenters. The van der Waals surface area contributed by atoms with Gasteiger partial charge in [0.25, 0.3) is 0 Å². The van der Waals surface area contributed by atoms with Gasteiger partial charge in [-0.3, -0.25) is 9.59 Å². The Bertz CT molecular complexity index is 1070. The number of aryl methyl sites for hydroxylation is 1.